The maximum Gasteiger partial charge on any atom is 0.335 e. The molecule has 1 heterocycles. The Morgan fingerprint density at radius 3 is 2.88 bits per heavy atom. The molecule has 2 rings (SSSR count). The minimum Gasteiger partial charge on any atom is -0.478 e. The predicted molar refractivity (Wildman–Crippen MR) is 65.6 cm³/mol. The minimum absolute atomic E-state index is 0.153. The number of hydrogen-bond acceptors (Lipinski definition) is 3. The fraction of sp³-hybridized carbons (Fsp3) is 0.462. The van der Waals surface area contributed by atoms with Crippen molar-refractivity contribution >= 4 is 11.7 Å². The van der Waals surface area contributed by atoms with Gasteiger partial charge in [0.05, 0.1) is 18.2 Å². The molecule has 2 N–H and O–H groups in total. The third kappa shape index (κ3) is 2.26. The Labute approximate surface area is 100 Å². The van der Waals surface area contributed by atoms with E-state index in [9.17, 15) is 9.90 Å². The largest absolute Gasteiger partial charge is 0.478 e. The van der Waals surface area contributed by atoms with E-state index in [0.717, 1.165) is 30.6 Å². The summed E-state index contributed by atoms with van der Waals surface area (Å²) in [6, 6.07) is 5.52. The predicted octanol–water partition coefficient (Wildman–Crippen LogP) is 1.65. The van der Waals surface area contributed by atoms with E-state index in [-0.39, 0.29) is 12.6 Å². The molecular formula is C13H17NO3. The van der Waals surface area contributed by atoms with Crippen molar-refractivity contribution in [3.8, 4) is 0 Å². The van der Waals surface area contributed by atoms with Crippen LogP contribution in [0.5, 0.6) is 0 Å². The monoisotopic (exact) mass is 235 g/mol. The van der Waals surface area contributed by atoms with Gasteiger partial charge in [0.1, 0.15) is 0 Å². The summed E-state index contributed by atoms with van der Waals surface area (Å²) in [4.78, 5) is 13.1. The van der Waals surface area contributed by atoms with Gasteiger partial charge in [-0.15, -0.1) is 0 Å². The van der Waals surface area contributed by atoms with Crippen molar-refractivity contribution in [3.63, 3.8) is 0 Å². The van der Waals surface area contributed by atoms with Crippen molar-refractivity contribution in [1.82, 2.24) is 0 Å². The lowest BCUT2D eigenvalue weighted by atomic mass is 10.1. The Balaban J connectivity index is 2.28. The topological polar surface area (TPSA) is 60.8 Å². The number of aliphatic hydroxyl groups excluding tert-OH is 1. The molecule has 1 aliphatic heterocycles. The molecule has 0 radical (unpaired) electrons. The Morgan fingerprint density at radius 1 is 1.53 bits per heavy atom. The van der Waals surface area contributed by atoms with Crippen LogP contribution in [0, 0.1) is 6.92 Å². The fourth-order valence-electron chi connectivity index (χ4n) is 2.43. The number of rotatable bonds is 3. The molecule has 4 nitrogen and oxygen atoms in total. The van der Waals surface area contributed by atoms with Crippen molar-refractivity contribution in [3.05, 3.63) is 29.3 Å². The van der Waals surface area contributed by atoms with Crippen LogP contribution in [-0.2, 0) is 0 Å². The van der Waals surface area contributed by atoms with Crippen LogP contribution in [-0.4, -0.2) is 35.4 Å². The van der Waals surface area contributed by atoms with Crippen molar-refractivity contribution < 1.29 is 15.0 Å². The number of carbonyl (C=O) groups is 1. The van der Waals surface area contributed by atoms with E-state index in [0.29, 0.717) is 5.56 Å². The first kappa shape index (κ1) is 11.9. The first-order valence-electron chi connectivity index (χ1n) is 5.85. The molecule has 1 aromatic carbocycles. The molecule has 0 saturated carbocycles. The highest BCUT2D eigenvalue weighted by Gasteiger charge is 2.24. The lowest BCUT2D eigenvalue weighted by Gasteiger charge is -2.25. The van der Waals surface area contributed by atoms with Crippen LogP contribution in [0.25, 0.3) is 0 Å². The Morgan fingerprint density at radius 2 is 2.29 bits per heavy atom. The second kappa shape index (κ2) is 4.75. The first-order chi connectivity index (χ1) is 8.13. The highest BCUT2D eigenvalue weighted by molar-refractivity contribution is 5.89. The van der Waals surface area contributed by atoms with Gasteiger partial charge in [0.2, 0.25) is 0 Å². The second-order valence-electron chi connectivity index (χ2n) is 4.48. The van der Waals surface area contributed by atoms with E-state index in [1.807, 2.05) is 12.1 Å². The van der Waals surface area contributed by atoms with Crippen molar-refractivity contribution in [2.75, 3.05) is 18.1 Å². The van der Waals surface area contributed by atoms with Gasteiger partial charge in [0.15, 0.2) is 0 Å². The van der Waals surface area contributed by atoms with Gasteiger partial charge in [-0.05, 0) is 43.5 Å². The molecule has 1 fully saturated rings. The average molecular weight is 235 g/mol. The van der Waals surface area contributed by atoms with Gasteiger partial charge >= 0.3 is 5.97 Å². The summed E-state index contributed by atoms with van der Waals surface area (Å²) in [6.45, 7) is 2.88. The number of benzene rings is 1. The number of aryl methyl sites for hydroxylation is 1. The van der Waals surface area contributed by atoms with Crippen LogP contribution >= 0.6 is 0 Å². The second-order valence-corrected chi connectivity index (χ2v) is 4.48. The van der Waals surface area contributed by atoms with Crippen LogP contribution in [0.15, 0.2) is 18.2 Å². The average Bonchev–Trinajstić information content (AvgIpc) is 2.76. The number of anilines is 1. The smallest absolute Gasteiger partial charge is 0.335 e. The van der Waals surface area contributed by atoms with E-state index in [1.54, 1.807) is 13.0 Å². The summed E-state index contributed by atoms with van der Waals surface area (Å²) >= 11 is 0. The molecule has 17 heavy (non-hydrogen) atoms. The minimum atomic E-state index is -0.894. The zero-order valence-corrected chi connectivity index (χ0v) is 9.89. The summed E-state index contributed by atoms with van der Waals surface area (Å²) in [6.07, 6.45) is 2.07. The lowest BCUT2D eigenvalue weighted by molar-refractivity contribution is 0.0696. The Kier molecular flexibility index (Phi) is 3.33. The summed E-state index contributed by atoms with van der Waals surface area (Å²) in [5, 5.41) is 18.2. The van der Waals surface area contributed by atoms with Gasteiger partial charge in [0, 0.05) is 12.2 Å². The van der Waals surface area contributed by atoms with Gasteiger partial charge < -0.3 is 15.1 Å². The number of hydrogen-bond donors (Lipinski definition) is 2. The standard InChI is InChI=1S/C13H17NO3/c1-9-7-10(4-5-12(9)13(16)17)14-6-2-3-11(14)8-15/h4-5,7,11,15H,2-3,6,8H2,1H3,(H,16,17). The molecule has 0 aliphatic carbocycles. The quantitative estimate of drug-likeness (QED) is 0.836. The van der Waals surface area contributed by atoms with E-state index in [2.05, 4.69) is 4.90 Å². The van der Waals surface area contributed by atoms with Crippen molar-refractivity contribution in [2.45, 2.75) is 25.8 Å². The van der Waals surface area contributed by atoms with Crippen LogP contribution in [0.1, 0.15) is 28.8 Å². The lowest BCUT2D eigenvalue weighted by Crippen LogP contribution is -2.32. The number of carboxylic acids is 1. The summed E-state index contributed by atoms with van der Waals surface area (Å²) in [5.74, 6) is -0.894. The number of nitrogens with zero attached hydrogens (tertiary/aromatic N) is 1. The molecule has 0 amide bonds. The highest BCUT2D eigenvalue weighted by atomic mass is 16.4. The van der Waals surface area contributed by atoms with E-state index < -0.39 is 5.97 Å². The molecule has 0 bridgehead atoms. The number of aliphatic hydroxyl groups is 1. The third-order valence-corrected chi connectivity index (χ3v) is 3.36. The highest BCUT2D eigenvalue weighted by Crippen LogP contribution is 2.27. The molecule has 1 aliphatic rings. The van der Waals surface area contributed by atoms with Crippen LogP contribution in [0.3, 0.4) is 0 Å². The summed E-state index contributed by atoms with van der Waals surface area (Å²) in [7, 11) is 0. The zero-order chi connectivity index (χ0) is 12.4. The maximum atomic E-state index is 10.9. The summed E-state index contributed by atoms with van der Waals surface area (Å²) < 4.78 is 0. The van der Waals surface area contributed by atoms with Crippen molar-refractivity contribution in [2.24, 2.45) is 0 Å². The molecule has 0 spiro atoms. The SMILES string of the molecule is Cc1cc(N2CCCC2CO)ccc1C(=O)O. The van der Waals surface area contributed by atoms with E-state index in [1.165, 1.54) is 0 Å². The van der Waals surface area contributed by atoms with Crippen LogP contribution in [0.2, 0.25) is 0 Å². The van der Waals surface area contributed by atoms with Crippen LogP contribution < -0.4 is 4.90 Å². The van der Waals surface area contributed by atoms with Gasteiger partial charge in [-0.25, -0.2) is 4.79 Å². The van der Waals surface area contributed by atoms with Gasteiger partial charge in [-0.3, -0.25) is 0 Å². The fourth-order valence-corrected chi connectivity index (χ4v) is 2.43. The molecule has 1 aromatic rings. The van der Waals surface area contributed by atoms with Gasteiger partial charge in [0.25, 0.3) is 0 Å². The number of aromatic carboxylic acids is 1. The third-order valence-electron chi connectivity index (χ3n) is 3.36. The molecule has 1 unspecified atom stereocenters. The van der Waals surface area contributed by atoms with Gasteiger partial charge in [-0.2, -0.15) is 0 Å². The Hall–Kier alpha value is -1.55. The zero-order valence-electron chi connectivity index (χ0n) is 9.89. The van der Waals surface area contributed by atoms with E-state index >= 15 is 0 Å². The first-order valence-corrected chi connectivity index (χ1v) is 5.85. The Bertz CT molecular complexity index is 431. The maximum absolute atomic E-state index is 10.9. The summed E-state index contributed by atoms with van der Waals surface area (Å²) in [5.41, 5.74) is 2.11. The molecule has 1 atom stereocenters. The normalized spacial score (nSPS) is 19.6. The number of carboxylic acid groups (broad SMARTS) is 1. The molecule has 4 heteroatoms. The van der Waals surface area contributed by atoms with Crippen molar-refractivity contribution in [1.29, 1.82) is 0 Å². The molecule has 92 valence electrons. The van der Waals surface area contributed by atoms with Gasteiger partial charge in [-0.1, -0.05) is 0 Å². The molecular weight excluding hydrogens is 218 g/mol. The molecule has 1 saturated heterocycles. The van der Waals surface area contributed by atoms with Crippen LogP contribution in [0.4, 0.5) is 5.69 Å². The van der Waals surface area contributed by atoms with E-state index in [4.69, 9.17) is 5.11 Å². The molecule has 0 aromatic heterocycles.